The van der Waals surface area contributed by atoms with Gasteiger partial charge < -0.3 is 19.7 Å². The Morgan fingerprint density at radius 2 is 0.714 bits per heavy atom. The number of fused-ring (bicyclic) bond motifs is 4. The maximum Gasteiger partial charge on any atom is 0.135 e. The van der Waals surface area contributed by atoms with Crippen molar-refractivity contribution in [3.8, 4) is 67.5 Å². The van der Waals surface area contributed by atoms with Crippen LogP contribution in [0.1, 0.15) is 126 Å². The van der Waals surface area contributed by atoms with E-state index < -0.39 is 0 Å². The van der Waals surface area contributed by atoms with Gasteiger partial charge in [-0.2, -0.15) is 0 Å². The van der Waals surface area contributed by atoms with E-state index in [1.807, 2.05) is 12.1 Å². The van der Waals surface area contributed by atoms with E-state index in [9.17, 15) is 10.2 Å². The molecule has 4 nitrogen and oxygen atoms in total. The molecule has 1 saturated carbocycles. The number of rotatable bonds is 8. The van der Waals surface area contributed by atoms with E-state index >= 15 is 0 Å². The van der Waals surface area contributed by atoms with Crippen molar-refractivity contribution < 1.29 is 19.7 Å². The number of aromatic hydroxyl groups is 2. The number of phenols is 2. The minimum Gasteiger partial charge on any atom is -0.507 e. The highest BCUT2D eigenvalue weighted by Crippen LogP contribution is 2.50. The molecule has 322 valence electrons. The van der Waals surface area contributed by atoms with Crippen molar-refractivity contribution in [3.05, 3.63) is 141 Å². The zero-order valence-electron chi connectivity index (χ0n) is 37.4. The molecule has 6 aromatic carbocycles. The summed E-state index contributed by atoms with van der Waals surface area (Å²) in [5.41, 5.74) is 22.1. The lowest BCUT2D eigenvalue weighted by molar-refractivity contribution is 0.0787. The zero-order valence-corrected chi connectivity index (χ0v) is 37.4. The second-order valence-corrected chi connectivity index (χ2v) is 19.5. The molecule has 0 aliphatic heterocycles. The molecule has 0 aromatic heterocycles. The number of ether oxygens (including phenoxy) is 2. The van der Waals surface area contributed by atoms with Crippen LogP contribution in [-0.2, 0) is 51.4 Å². The van der Waals surface area contributed by atoms with Gasteiger partial charge in [0.05, 0.1) is 0 Å². The van der Waals surface area contributed by atoms with Crippen LogP contribution in [-0.4, -0.2) is 22.4 Å². The summed E-state index contributed by atoms with van der Waals surface area (Å²) in [6, 6.07) is 30.2. The topological polar surface area (TPSA) is 58.9 Å². The fourth-order valence-corrected chi connectivity index (χ4v) is 12.4. The lowest BCUT2D eigenvalue weighted by Gasteiger charge is -2.29. The normalized spacial score (nSPS) is 19.1. The van der Waals surface area contributed by atoms with Crippen LogP contribution in [0, 0.1) is 13.8 Å². The summed E-state index contributed by atoms with van der Waals surface area (Å²) < 4.78 is 14.1. The molecule has 2 atom stereocenters. The van der Waals surface area contributed by atoms with Crippen LogP contribution < -0.4 is 9.47 Å². The van der Waals surface area contributed by atoms with Crippen LogP contribution in [0.2, 0.25) is 0 Å². The SMILES string of the molecule is Cc1cc(-c2ccccc2OC2CCC[C@H]2Oc2ccccc2-c2cc(C)cc(-c3c4c(cc5c3CCCC5)CCCC4)c2O)c(O)c(-c2c3c(cc4c2CCCC4)CCCC3)c1. The van der Waals surface area contributed by atoms with Crippen LogP contribution in [0.5, 0.6) is 23.0 Å². The summed E-state index contributed by atoms with van der Waals surface area (Å²) in [5.74, 6) is 2.24. The molecule has 0 spiro atoms. The molecule has 0 radical (unpaired) electrons. The van der Waals surface area contributed by atoms with Crippen molar-refractivity contribution in [2.24, 2.45) is 0 Å². The van der Waals surface area contributed by atoms with Crippen molar-refractivity contribution in [2.45, 2.75) is 148 Å². The van der Waals surface area contributed by atoms with Gasteiger partial charge in [-0.25, -0.2) is 0 Å². The molecule has 6 aromatic rings. The molecule has 1 unspecified atom stereocenters. The molecule has 5 aliphatic carbocycles. The minimum absolute atomic E-state index is 0.178. The van der Waals surface area contributed by atoms with Gasteiger partial charge >= 0.3 is 0 Å². The Balaban J connectivity index is 0.923. The van der Waals surface area contributed by atoms with Gasteiger partial charge in [0.2, 0.25) is 0 Å². The first-order valence-electron chi connectivity index (χ1n) is 24.4. The Bertz CT molecular complexity index is 2480. The van der Waals surface area contributed by atoms with E-state index in [-0.39, 0.29) is 12.2 Å². The summed E-state index contributed by atoms with van der Waals surface area (Å²) in [6.07, 6.45) is 21.0. The molecule has 5 aliphatic rings. The molecular weight excluding hydrogens is 773 g/mol. The second-order valence-electron chi connectivity index (χ2n) is 19.5. The zero-order chi connectivity index (χ0) is 42.6. The summed E-state index contributed by atoms with van der Waals surface area (Å²) in [4.78, 5) is 0. The molecule has 4 heteroatoms. The van der Waals surface area contributed by atoms with Crippen molar-refractivity contribution in [2.75, 3.05) is 0 Å². The van der Waals surface area contributed by atoms with Gasteiger partial charge in [0.25, 0.3) is 0 Å². The average Bonchev–Trinajstić information content (AvgIpc) is 3.75. The smallest absolute Gasteiger partial charge is 0.135 e. The molecule has 0 saturated heterocycles. The Morgan fingerprint density at radius 1 is 0.381 bits per heavy atom. The van der Waals surface area contributed by atoms with Crippen LogP contribution >= 0.6 is 0 Å². The van der Waals surface area contributed by atoms with Gasteiger partial charge in [-0.1, -0.05) is 48.5 Å². The highest BCUT2D eigenvalue weighted by atomic mass is 16.5. The summed E-state index contributed by atoms with van der Waals surface area (Å²) in [5, 5.41) is 24.9. The third-order valence-electron chi connectivity index (χ3n) is 15.3. The van der Waals surface area contributed by atoms with E-state index in [0.717, 1.165) is 127 Å². The monoisotopic (exact) mass is 834 g/mol. The number of hydrogen-bond acceptors (Lipinski definition) is 4. The van der Waals surface area contributed by atoms with Gasteiger partial charge in [0.1, 0.15) is 35.2 Å². The molecule has 2 N–H and O–H groups in total. The first kappa shape index (κ1) is 40.3. The van der Waals surface area contributed by atoms with Crippen LogP contribution in [0.15, 0.2) is 84.9 Å². The highest BCUT2D eigenvalue weighted by molar-refractivity contribution is 5.90. The van der Waals surface area contributed by atoms with Gasteiger partial charge in [0.15, 0.2) is 0 Å². The number of phenolic OH excluding ortho intramolecular Hbond substituents is 2. The Labute approximate surface area is 374 Å². The molecule has 0 amide bonds. The summed E-state index contributed by atoms with van der Waals surface area (Å²) in [6.45, 7) is 4.32. The first-order valence-corrected chi connectivity index (χ1v) is 24.4. The number of benzene rings is 6. The van der Waals surface area contributed by atoms with Crippen molar-refractivity contribution >= 4 is 0 Å². The largest absolute Gasteiger partial charge is 0.507 e. The first-order chi connectivity index (χ1) is 30.9. The molecular formula is C59H62O4. The third-order valence-corrected chi connectivity index (χ3v) is 15.3. The number of para-hydroxylation sites is 2. The molecule has 0 bridgehead atoms. The quantitative estimate of drug-likeness (QED) is 0.160. The summed E-state index contributed by atoms with van der Waals surface area (Å²) >= 11 is 0. The van der Waals surface area contributed by atoms with E-state index in [2.05, 4.69) is 86.6 Å². The van der Waals surface area contributed by atoms with Crippen molar-refractivity contribution in [3.63, 3.8) is 0 Å². The van der Waals surface area contributed by atoms with Gasteiger partial charge in [0, 0.05) is 33.4 Å². The maximum absolute atomic E-state index is 12.4. The lowest BCUT2D eigenvalue weighted by atomic mass is 9.76. The Kier molecular flexibility index (Phi) is 10.8. The van der Waals surface area contributed by atoms with E-state index in [1.54, 1.807) is 0 Å². The summed E-state index contributed by atoms with van der Waals surface area (Å²) in [7, 11) is 0. The average molecular weight is 835 g/mol. The van der Waals surface area contributed by atoms with Crippen LogP contribution in [0.4, 0.5) is 0 Å². The molecule has 11 rings (SSSR count). The van der Waals surface area contributed by atoms with Crippen molar-refractivity contribution in [1.82, 2.24) is 0 Å². The predicted octanol–water partition coefficient (Wildman–Crippen LogP) is 14.3. The van der Waals surface area contributed by atoms with Gasteiger partial charge in [-0.15, -0.1) is 0 Å². The highest BCUT2D eigenvalue weighted by Gasteiger charge is 2.34. The minimum atomic E-state index is -0.178. The van der Waals surface area contributed by atoms with E-state index in [1.165, 1.54) is 107 Å². The molecule has 63 heavy (non-hydrogen) atoms. The van der Waals surface area contributed by atoms with Crippen LogP contribution in [0.3, 0.4) is 0 Å². The molecule has 1 fully saturated rings. The second kappa shape index (κ2) is 16.9. The van der Waals surface area contributed by atoms with E-state index in [4.69, 9.17) is 9.47 Å². The Morgan fingerprint density at radius 3 is 1.10 bits per heavy atom. The van der Waals surface area contributed by atoms with Crippen molar-refractivity contribution in [1.29, 1.82) is 0 Å². The fourth-order valence-electron chi connectivity index (χ4n) is 12.4. The maximum atomic E-state index is 12.4. The fraction of sp³-hybridized carbons (Fsp3) is 0.390. The Hall–Kier alpha value is -5.48. The standard InChI is InChI=1S/C59H62O4/c1-36-30-48(58(60)50(32-36)56-42-20-7-3-16-38(42)34-39-17-4-8-21-43(39)56)46-24-11-13-26-52(46)62-54-28-15-29-55(54)63-53-27-14-12-25-47(53)49-31-37(2)33-51(59(49)61)57-44-22-9-5-18-40(44)35-41-19-6-10-23-45(41)57/h11-14,24-27,30-35,54-55,60-61H,3-10,15-23,28-29H2,1-2H3/t54-,55?/m1/s1. The van der Waals surface area contributed by atoms with Crippen LogP contribution in [0.25, 0.3) is 44.5 Å². The number of aryl methyl sites for hydroxylation is 6. The molecule has 0 heterocycles. The lowest BCUT2D eigenvalue weighted by Crippen LogP contribution is -2.31. The van der Waals surface area contributed by atoms with E-state index in [0.29, 0.717) is 11.5 Å². The van der Waals surface area contributed by atoms with Gasteiger partial charge in [-0.3, -0.25) is 0 Å². The number of hydrogen-bond donors (Lipinski definition) is 2. The van der Waals surface area contributed by atoms with Gasteiger partial charge in [-0.05, 0) is 239 Å². The predicted molar refractivity (Wildman–Crippen MR) is 257 cm³/mol. The third kappa shape index (κ3) is 7.42.